The molecule has 1 aromatic carbocycles. The zero-order chi connectivity index (χ0) is 16.6. The van der Waals surface area contributed by atoms with Gasteiger partial charge in [-0.3, -0.25) is 5.10 Å². The Balaban J connectivity index is 2.24. The van der Waals surface area contributed by atoms with E-state index in [1.165, 1.54) is 13.2 Å². The lowest BCUT2D eigenvalue weighted by atomic mass is 9.84. The maximum absolute atomic E-state index is 14.3. The number of nitrogens with two attached hydrogens (primary N) is 1. The summed E-state index contributed by atoms with van der Waals surface area (Å²) in [6.07, 6.45) is 0. The molecule has 0 unspecified atom stereocenters. The number of hydrogen-bond donors (Lipinski definition) is 2. The molecule has 1 aromatic heterocycles. The van der Waals surface area contributed by atoms with Gasteiger partial charge in [-0.25, -0.2) is 8.78 Å². The Morgan fingerprint density at radius 3 is 2.91 bits per heavy atom. The van der Waals surface area contributed by atoms with Crippen molar-refractivity contribution in [3.05, 3.63) is 58.1 Å². The molecular weight excluding hydrogens is 306 g/mol. The fourth-order valence-corrected chi connectivity index (χ4v) is 2.61. The minimum atomic E-state index is -0.853. The smallest absolute Gasteiger partial charge is 0.244 e. The summed E-state index contributed by atoms with van der Waals surface area (Å²) in [6, 6.07) is 5.08. The first-order valence-electron chi connectivity index (χ1n) is 6.65. The molecule has 1 atom stereocenters. The van der Waals surface area contributed by atoms with Gasteiger partial charge in [-0.2, -0.15) is 5.26 Å². The van der Waals surface area contributed by atoms with Gasteiger partial charge in [-0.15, -0.1) is 5.10 Å². The van der Waals surface area contributed by atoms with E-state index in [-0.39, 0.29) is 29.5 Å². The topological polar surface area (TPSA) is 97.0 Å². The summed E-state index contributed by atoms with van der Waals surface area (Å²) in [6.45, 7) is 0.156. The molecule has 0 amide bonds. The van der Waals surface area contributed by atoms with Crippen LogP contribution in [0.15, 0.2) is 29.7 Å². The van der Waals surface area contributed by atoms with Crippen LogP contribution in [0.4, 0.5) is 8.78 Å². The summed E-state index contributed by atoms with van der Waals surface area (Å²) in [4.78, 5) is 0. The van der Waals surface area contributed by atoms with Crippen molar-refractivity contribution in [3.8, 4) is 11.9 Å². The van der Waals surface area contributed by atoms with Crippen LogP contribution in [0.5, 0.6) is 5.88 Å². The molecule has 0 radical (unpaired) electrons. The van der Waals surface area contributed by atoms with E-state index < -0.39 is 17.6 Å². The van der Waals surface area contributed by atoms with E-state index in [1.54, 1.807) is 0 Å². The third-order valence-corrected chi connectivity index (χ3v) is 3.58. The van der Waals surface area contributed by atoms with Crippen LogP contribution in [-0.2, 0) is 11.3 Å². The molecule has 0 saturated carbocycles. The molecule has 0 fully saturated rings. The summed E-state index contributed by atoms with van der Waals surface area (Å²) in [7, 11) is 1.49. The van der Waals surface area contributed by atoms with E-state index in [4.69, 9.17) is 15.2 Å². The first-order chi connectivity index (χ1) is 11.1. The van der Waals surface area contributed by atoms with Crippen molar-refractivity contribution in [1.29, 1.82) is 5.26 Å². The Morgan fingerprint density at radius 1 is 1.48 bits per heavy atom. The Hall–Kier alpha value is -2.92. The summed E-state index contributed by atoms with van der Waals surface area (Å²) >= 11 is 0. The SMILES string of the molecule is COCc1[nH]nc2c1[C@@H](c1ccc(F)cc1F)C(C#N)=C(N)O2. The van der Waals surface area contributed by atoms with Crippen molar-refractivity contribution in [2.75, 3.05) is 7.11 Å². The molecule has 0 spiro atoms. The van der Waals surface area contributed by atoms with Gasteiger partial charge in [0.2, 0.25) is 11.8 Å². The molecular formula is C15H12F2N4O2. The first kappa shape index (κ1) is 15.0. The van der Waals surface area contributed by atoms with Crippen LogP contribution in [0.1, 0.15) is 22.7 Å². The zero-order valence-electron chi connectivity index (χ0n) is 12.1. The Bertz CT molecular complexity index is 838. The van der Waals surface area contributed by atoms with Gasteiger partial charge >= 0.3 is 0 Å². The minimum absolute atomic E-state index is 0.0294. The van der Waals surface area contributed by atoms with E-state index in [0.717, 1.165) is 12.1 Å². The fraction of sp³-hybridized carbons (Fsp3) is 0.200. The third-order valence-electron chi connectivity index (χ3n) is 3.58. The number of nitrogens with zero attached hydrogens (tertiary/aromatic N) is 2. The first-order valence-corrected chi connectivity index (χ1v) is 6.65. The van der Waals surface area contributed by atoms with Crippen LogP contribution in [0, 0.1) is 23.0 Å². The highest BCUT2D eigenvalue weighted by Gasteiger charge is 2.36. The highest BCUT2D eigenvalue weighted by Crippen LogP contribution is 2.43. The predicted molar refractivity (Wildman–Crippen MR) is 75.0 cm³/mol. The lowest BCUT2D eigenvalue weighted by Crippen LogP contribution is -2.22. The second-order valence-electron chi connectivity index (χ2n) is 4.94. The van der Waals surface area contributed by atoms with E-state index in [1.807, 2.05) is 6.07 Å². The molecule has 0 saturated heterocycles. The van der Waals surface area contributed by atoms with Crippen molar-refractivity contribution in [2.45, 2.75) is 12.5 Å². The number of hydrogen-bond acceptors (Lipinski definition) is 5. The van der Waals surface area contributed by atoms with Gasteiger partial charge < -0.3 is 15.2 Å². The van der Waals surface area contributed by atoms with Gasteiger partial charge in [-0.1, -0.05) is 6.07 Å². The van der Waals surface area contributed by atoms with E-state index in [9.17, 15) is 14.0 Å². The molecule has 3 N–H and O–H groups in total. The molecule has 118 valence electrons. The van der Waals surface area contributed by atoms with Gasteiger partial charge in [0, 0.05) is 18.7 Å². The van der Waals surface area contributed by atoms with Crippen molar-refractivity contribution in [3.63, 3.8) is 0 Å². The molecule has 0 aliphatic carbocycles. The van der Waals surface area contributed by atoms with Crippen molar-refractivity contribution < 1.29 is 18.3 Å². The van der Waals surface area contributed by atoms with Crippen LogP contribution in [0.2, 0.25) is 0 Å². The Labute approximate surface area is 130 Å². The standard InChI is InChI=1S/C15H12F2N4O2/c1-22-6-11-13-12(8-3-2-7(16)4-10(8)17)9(5-18)14(19)23-15(13)21-20-11/h2-4,12H,6,19H2,1H3,(H,20,21)/t12-/m0/s1. The quantitative estimate of drug-likeness (QED) is 0.903. The van der Waals surface area contributed by atoms with E-state index in [0.29, 0.717) is 11.3 Å². The average Bonchev–Trinajstić information content (AvgIpc) is 2.89. The van der Waals surface area contributed by atoms with Crippen LogP contribution >= 0.6 is 0 Å². The number of H-pyrrole nitrogens is 1. The number of aromatic amines is 1. The zero-order valence-corrected chi connectivity index (χ0v) is 12.1. The van der Waals surface area contributed by atoms with Crippen LogP contribution < -0.4 is 10.5 Å². The molecule has 8 heteroatoms. The van der Waals surface area contributed by atoms with Gasteiger partial charge in [0.05, 0.1) is 23.8 Å². The molecule has 2 aromatic rings. The summed E-state index contributed by atoms with van der Waals surface area (Å²) < 4.78 is 37.9. The van der Waals surface area contributed by atoms with Crippen molar-refractivity contribution in [2.24, 2.45) is 5.73 Å². The molecule has 6 nitrogen and oxygen atoms in total. The highest BCUT2D eigenvalue weighted by atomic mass is 19.1. The number of nitriles is 1. The lowest BCUT2D eigenvalue weighted by Gasteiger charge is -2.24. The van der Waals surface area contributed by atoms with Gasteiger partial charge in [0.15, 0.2) is 0 Å². The van der Waals surface area contributed by atoms with Crippen molar-refractivity contribution in [1.82, 2.24) is 10.2 Å². The second-order valence-corrected chi connectivity index (χ2v) is 4.94. The van der Waals surface area contributed by atoms with Gasteiger partial charge in [0.25, 0.3) is 0 Å². The summed E-state index contributed by atoms with van der Waals surface area (Å²) in [5, 5.41) is 16.1. The highest BCUT2D eigenvalue weighted by molar-refractivity contribution is 5.55. The number of rotatable bonds is 3. The molecule has 2 heterocycles. The van der Waals surface area contributed by atoms with Crippen LogP contribution in [0.3, 0.4) is 0 Å². The third kappa shape index (κ3) is 2.41. The number of halogens is 2. The molecule has 1 aliphatic rings. The number of ether oxygens (including phenoxy) is 2. The normalized spacial score (nSPS) is 16.7. The second kappa shape index (κ2) is 5.70. The molecule has 3 rings (SSSR count). The average molecular weight is 318 g/mol. The Morgan fingerprint density at radius 2 is 2.26 bits per heavy atom. The minimum Gasteiger partial charge on any atom is -0.420 e. The fourth-order valence-electron chi connectivity index (χ4n) is 2.61. The number of fused-ring (bicyclic) bond motifs is 1. The van der Waals surface area contributed by atoms with E-state index >= 15 is 0 Å². The van der Waals surface area contributed by atoms with Crippen LogP contribution in [-0.4, -0.2) is 17.3 Å². The molecule has 23 heavy (non-hydrogen) atoms. The number of aromatic nitrogens is 2. The largest absolute Gasteiger partial charge is 0.420 e. The lowest BCUT2D eigenvalue weighted by molar-refractivity contribution is 0.180. The van der Waals surface area contributed by atoms with Gasteiger partial charge in [0.1, 0.15) is 23.3 Å². The molecule has 1 aliphatic heterocycles. The summed E-state index contributed by atoms with van der Waals surface area (Å²) in [5.41, 5.74) is 6.86. The van der Waals surface area contributed by atoms with E-state index in [2.05, 4.69) is 10.2 Å². The molecule has 0 bridgehead atoms. The van der Waals surface area contributed by atoms with Crippen molar-refractivity contribution >= 4 is 0 Å². The van der Waals surface area contributed by atoms with Crippen LogP contribution in [0.25, 0.3) is 0 Å². The number of methoxy groups -OCH3 is 1. The predicted octanol–water partition coefficient (Wildman–Crippen LogP) is 2.05. The number of benzene rings is 1. The maximum atomic E-state index is 14.3. The monoisotopic (exact) mass is 318 g/mol. The Kier molecular flexibility index (Phi) is 3.72. The summed E-state index contributed by atoms with van der Waals surface area (Å²) in [5.74, 6) is -2.37. The maximum Gasteiger partial charge on any atom is 0.244 e. The number of allylic oxidation sites excluding steroid dienone is 1. The number of nitrogens with one attached hydrogen (secondary N) is 1. The van der Waals surface area contributed by atoms with Gasteiger partial charge in [-0.05, 0) is 6.07 Å².